The zero-order valence-electron chi connectivity index (χ0n) is 23.5. The molecule has 3 aliphatic heterocycles. The van der Waals surface area contributed by atoms with Gasteiger partial charge in [0.15, 0.2) is 5.11 Å². The van der Waals surface area contributed by atoms with Gasteiger partial charge in [0, 0.05) is 62.5 Å². The molecular formula is C29H34FN5O4S2. The molecule has 0 aliphatic carbocycles. The van der Waals surface area contributed by atoms with Crippen molar-refractivity contribution in [1.29, 1.82) is 0 Å². The number of carbonyl (C=O) groups is 2. The first-order valence-corrected chi connectivity index (χ1v) is 14.7. The molecule has 12 heteroatoms. The average Bonchev–Trinajstić information content (AvgIpc) is 3.58. The van der Waals surface area contributed by atoms with Gasteiger partial charge >= 0.3 is 11.9 Å². The number of halogens is 1. The van der Waals surface area contributed by atoms with E-state index < -0.39 is 23.3 Å². The number of allylic oxidation sites excluding steroid dienone is 1. The molecule has 0 bridgehead atoms. The summed E-state index contributed by atoms with van der Waals surface area (Å²) in [6, 6.07) is 5.02. The van der Waals surface area contributed by atoms with Gasteiger partial charge in [-0.2, -0.15) is 0 Å². The molecule has 41 heavy (non-hydrogen) atoms. The average molecular weight is 600 g/mol. The van der Waals surface area contributed by atoms with Gasteiger partial charge in [-0.15, -0.1) is 11.3 Å². The van der Waals surface area contributed by atoms with Crippen LogP contribution in [0.15, 0.2) is 47.1 Å². The number of nitrogens with one attached hydrogen (secondary N) is 1. The Bertz CT molecular complexity index is 1420. The van der Waals surface area contributed by atoms with Crippen LogP contribution in [0, 0.1) is 18.2 Å². The van der Waals surface area contributed by atoms with E-state index >= 15 is 0 Å². The van der Waals surface area contributed by atoms with Crippen molar-refractivity contribution in [3.8, 4) is 0 Å². The quantitative estimate of drug-likeness (QED) is 0.347. The van der Waals surface area contributed by atoms with Gasteiger partial charge in [0.25, 0.3) is 0 Å². The van der Waals surface area contributed by atoms with Gasteiger partial charge in [-0.3, -0.25) is 9.69 Å². The van der Waals surface area contributed by atoms with E-state index in [1.54, 1.807) is 33.0 Å². The van der Waals surface area contributed by atoms with Gasteiger partial charge in [-0.25, -0.2) is 14.2 Å². The number of carboxylic acids is 1. The van der Waals surface area contributed by atoms with Gasteiger partial charge in [0.2, 0.25) is 0 Å². The summed E-state index contributed by atoms with van der Waals surface area (Å²) in [6.45, 7) is 8.63. The second-order valence-electron chi connectivity index (χ2n) is 11.3. The van der Waals surface area contributed by atoms with E-state index in [0.29, 0.717) is 66.8 Å². The molecule has 9 nitrogen and oxygen atoms in total. The molecule has 2 atom stereocenters. The van der Waals surface area contributed by atoms with E-state index in [1.165, 1.54) is 24.5 Å². The molecule has 2 N–H and O–H groups in total. The molecule has 2 aromatic rings. The van der Waals surface area contributed by atoms with E-state index in [2.05, 4.69) is 20.1 Å². The zero-order chi connectivity index (χ0) is 29.5. The lowest BCUT2D eigenvalue weighted by Gasteiger charge is -2.39. The van der Waals surface area contributed by atoms with Gasteiger partial charge in [0.05, 0.1) is 29.8 Å². The Morgan fingerprint density at radius 3 is 2.76 bits per heavy atom. The van der Waals surface area contributed by atoms with Crippen LogP contribution < -0.4 is 5.32 Å². The summed E-state index contributed by atoms with van der Waals surface area (Å²) in [7, 11) is 1.36. The number of benzene rings is 1. The number of dihydropyridines is 1. The predicted octanol–water partition coefficient (Wildman–Crippen LogP) is 3.44. The molecule has 5 rings (SSSR count). The second kappa shape index (κ2) is 11.5. The van der Waals surface area contributed by atoms with E-state index in [-0.39, 0.29) is 11.9 Å². The van der Waals surface area contributed by atoms with Crippen LogP contribution in [0.25, 0.3) is 5.70 Å². The number of aromatic nitrogens is 1. The Balaban J connectivity index is 1.44. The summed E-state index contributed by atoms with van der Waals surface area (Å²) < 4.78 is 19.9. The summed E-state index contributed by atoms with van der Waals surface area (Å²) in [5, 5.41) is 16.4. The fourth-order valence-electron chi connectivity index (χ4n) is 5.77. The van der Waals surface area contributed by atoms with Crippen molar-refractivity contribution in [3.05, 3.63) is 69.1 Å². The third-order valence-corrected chi connectivity index (χ3v) is 9.33. The SMILES string of the molecule is COC(=O)C1=C(CN2CCN3C(=S)N(CC(C)(C)C(=O)O)C[C@@H]3C2)NC(c2nccs2)=CC1c1cccc(F)c1C. The molecule has 1 aromatic carbocycles. The fourth-order valence-corrected chi connectivity index (χ4v) is 6.77. The largest absolute Gasteiger partial charge is 0.481 e. The molecule has 2 fully saturated rings. The number of carbonyl (C=O) groups excluding carboxylic acids is 1. The van der Waals surface area contributed by atoms with Gasteiger partial charge in [0.1, 0.15) is 10.8 Å². The lowest BCUT2D eigenvalue weighted by molar-refractivity contribution is -0.147. The third-order valence-electron chi connectivity index (χ3n) is 8.03. The molecular weight excluding hydrogens is 565 g/mol. The van der Waals surface area contributed by atoms with Gasteiger partial charge < -0.3 is 25.0 Å². The van der Waals surface area contributed by atoms with E-state index in [9.17, 15) is 19.1 Å². The van der Waals surface area contributed by atoms with Crippen molar-refractivity contribution in [3.63, 3.8) is 0 Å². The monoisotopic (exact) mass is 599 g/mol. The molecule has 2 saturated heterocycles. The minimum atomic E-state index is -0.923. The highest BCUT2D eigenvalue weighted by molar-refractivity contribution is 7.80. The Morgan fingerprint density at radius 1 is 1.29 bits per heavy atom. The van der Waals surface area contributed by atoms with Crippen molar-refractivity contribution >= 4 is 46.3 Å². The maximum absolute atomic E-state index is 14.7. The highest BCUT2D eigenvalue weighted by Gasteiger charge is 2.42. The molecule has 0 amide bonds. The number of fused-ring (bicyclic) bond motifs is 1. The van der Waals surface area contributed by atoms with Crippen molar-refractivity contribution in [2.24, 2.45) is 5.41 Å². The number of esters is 1. The number of hydrogen-bond donors (Lipinski definition) is 2. The number of thiazole rings is 1. The topological polar surface area (TPSA) is 98.2 Å². The molecule has 4 heterocycles. The van der Waals surface area contributed by atoms with Crippen LogP contribution in [0.3, 0.4) is 0 Å². The summed E-state index contributed by atoms with van der Waals surface area (Å²) in [5.74, 6) is -2.19. The first-order chi connectivity index (χ1) is 19.5. The molecule has 0 radical (unpaired) electrons. The normalized spacial score (nSPS) is 21.5. The van der Waals surface area contributed by atoms with Crippen LogP contribution >= 0.6 is 23.6 Å². The number of piperazine rings is 1. The standard InChI is InChI=1S/C29H34FN5O4S2/c1-17-19(6-5-7-21(17)30)20-12-22(25-31-8-11-41-25)32-23(24(20)26(36)39-4)15-33-9-10-35-18(13-33)14-34(28(35)40)16-29(2,3)27(37)38/h5-8,11-12,18,20,32H,9-10,13-16H2,1-4H3,(H,37,38)/t18-,20?/m0/s1. The maximum atomic E-state index is 14.7. The fraction of sp³-hybridized carbons (Fsp3) is 0.448. The van der Waals surface area contributed by atoms with Crippen molar-refractivity contribution in [1.82, 2.24) is 25.0 Å². The number of rotatable bonds is 8. The lowest BCUT2D eigenvalue weighted by Crippen LogP contribution is -2.53. The Morgan fingerprint density at radius 2 is 2.07 bits per heavy atom. The number of carboxylic acid groups (broad SMARTS) is 1. The van der Waals surface area contributed by atoms with Crippen molar-refractivity contribution in [2.45, 2.75) is 32.7 Å². The first kappa shape index (κ1) is 29.2. The molecule has 0 saturated carbocycles. The summed E-state index contributed by atoms with van der Waals surface area (Å²) >= 11 is 7.21. The minimum Gasteiger partial charge on any atom is -0.481 e. The van der Waals surface area contributed by atoms with Crippen molar-refractivity contribution < 1.29 is 23.8 Å². The Labute approximate surface area is 248 Å². The third kappa shape index (κ3) is 5.73. The zero-order valence-corrected chi connectivity index (χ0v) is 25.1. The summed E-state index contributed by atoms with van der Waals surface area (Å²) in [4.78, 5) is 35.9. The molecule has 218 valence electrons. The van der Waals surface area contributed by atoms with Crippen LogP contribution in [-0.2, 0) is 14.3 Å². The van der Waals surface area contributed by atoms with Crippen LogP contribution in [0.1, 0.15) is 35.9 Å². The number of ether oxygens (including phenoxy) is 1. The van der Waals surface area contributed by atoms with Crippen molar-refractivity contribution in [2.75, 3.05) is 46.4 Å². The van der Waals surface area contributed by atoms with E-state index in [4.69, 9.17) is 17.0 Å². The number of thiocarbonyl (C=S) groups is 1. The summed E-state index contributed by atoms with van der Waals surface area (Å²) in [6.07, 6.45) is 3.65. The molecule has 0 spiro atoms. The van der Waals surface area contributed by atoms with E-state index in [0.717, 1.165) is 10.7 Å². The van der Waals surface area contributed by atoms with Crippen LogP contribution in [0.5, 0.6) is 0 Å². The smallest absolute Gasteiger partial charge is 0.336 e. The Hall–Kier alpha value is -3.35. The van der Waals surface area contributed by atoms with E-state index in [1.807, 2.05) is 22.4 Å². The van der Waals surface area contributed by atoms with Gasteiger partial charge in [-0.1, -0.05) is 12.1 Å². The Kier molecular flexibility index (Phi) is 8.18. The molecule has 3 aliphatic rings. The number of aliphatic carboxylic acids is 1. The predicted molar refractivity (Wildman–Crippen MR) is 159 cm³/mol. The number of hydrogen-bond acceptors (Lipinski definition) is 8. The summed E-state index contributed by atoms with van der Waals surface area (Å²) in [5.41, 5.74) is 2.15. The first-order valence-electron chi connectivity index (χ1n) is 13.5. The van der Waals surface area contributed by atoms with Gasteiger partial charge in [-0.05, 0) is 56.3 Å². The molecule has 1 aromatic heterocycles. The molecule has 1 unspecified atom stereocenters. The highest BCUT2D eigenvalue weighted by Crippen LogP contribution is 2.38. The highest BCUT2D eigenvalue weighted by atomic mass is 32.1. The van der Waals surface area contributed by atoms with Crippen LogP contribution in [-0.4, -0.2) is 94.3 Å². The lowest BCUT2D eigenvalue weighted by atomic mass is 9.84. The maximum Gasteiger partial charge on any atom is 0.336 e. The number of nitrogens with zero attached hydrogens (tertiary/aromatic N) is 4. The number of methoxy groups -OCH3 is 1. The van der Waals surface area contributed by atoms with Crippen LogP contribution in [0.2, 0.25) is 0 Å². The minimum absolute atomic E-state index is 0.0989. The second-order valence-corrected chi connectivity index (χ2v) is 12.6. The van der Waals surface area contributed by atoms with Crippen LogP contribution in [0.4, 0.5) is 4.39 Å².